The summed E-state index contributed by atoms with van der Waals surface area (Å²) >= 11 is 1.85. The van der Waals surface area contributed by atoms with Crippen LogP contribution in [0.5, 0.6) is 0 Å². The van der Waals surface area contributed by atoms with E-state index in [1.54, 1.807) is 0 Å². The molecule has 0 amide bonds. The maximum absolute atomic E-state index is 4.60. The first-order valence-corrected chi connectivity index (χ1v) is 6.19. The lowest BCUT2D eigenvalue weighted by Crippen LogP contribution is -2.21. The van der Waals surface area contributed by atoms with Gasteiger partial charge in [-0.05, 0) is 12.8 Å². The van der Waals surface area contributed by atoms with Crippen LogP contribution in [0.4, 0.5) is 0 Å². The lowest BCUT2D eigenvalue weighted by atomic mass is 10.3. The van der Waals surface area contributed by atoms with Crippen molar-refractivity contribution in [3.63, 3.8) is 0 Å². The smallest absolute Gasteiger partial charge is 0.0928 e. The first-order chi connectivity index (χ1) is 6.67. The van der Waals surface area contributed by atoms with Crippen molar-refractivity contribution in [2.24, 2.45) is 0 Å². The summed E-state index contributed by atoms with van der Waals surface area (Å²) in [6, 6.07) is 0.548. The number of rotatable bonds is 5. The number of hydrogen-bond acceptors (Lipinski definition) is 3. The van der Waals surface area contributed by atoms with Gasteiger partial charge in [-0.1, -0.05) is 27.7 Å². The molecule has 1 heterocycles. The van der Waals surface area contributed by atoms with Crippen LogP contribution >= 0.6 is 11.3 Å². The molecule has 0 bridgehead atoms. The lowest BCUT2D eigenvalue weighted by molar-refractivity contribution is 0.590. The summed E-state index contributed by atoms with van der Waals surface area (Å²) in [5.74, 6) is 0. The van der Waals surface area contributed by atoms with Crippen molar-refractivity contribution in [1.82, 2.24) is 10.3 Å². The van der Waals surface area contributed by atoms with Gasteiger partial charge in [0.15, 0.2) is 0 Å². The molecule has 0 aliphatic heterocycles. The maximum atomic E-state index is 4.60. The second-order valence-corrected chi connectivity index (χ2v) is 4.89. The highest BCUT2D eigenvalue weighted by atomic mass is 32.1. The third-order valence-corrected chi connectivity index (χ3v) is 3.37. The van der Waals surface area contributed by atoms with Crippen molar-refractivity contribution in [3.8, 4) is 0 Å². The molecule has 1 aromatic rings. The summed E-state index contributed by atoms with van der Waals surface area (Å²) in [7, 11) is 0. The average molecular weight is 212 g/mol. The largest absolute Gasteiger partial charge is 0.310 e. The van der Waals surface area contributed by atoms with E-state index in [4.69, 9.17) is 0 Å². The van der Waals surface area contributed by atoms with Gasteiger partial charge in [-0.3, -0.25) is 0 Å². The van der Waals surface area contributed by atoms with Gasteiger partial charge in [-0.25, -0.2) is 4.98 Å². The molecule has 0 aliphatic rings. The van der Waals surface area contributed by atoms with E-state index in [2.05, 4.69) is 38.0 Å². The van der Waals surface area contributed by atoms with Gasteiger partial charge in [0.2, 0.25) is 0 Å². The highest BCUT2D eigenvalue weighted by Gasteiger charge is 2.08. The number of thiazole rings is 1. The molecule has 1 rings (SSSR count). The Bertz CT molecular complexity index is 279. The number of nitrogens with one attached hydrogen (secondary N) is 1. The predicted molar refractivity (Wildman–Crippen MR) is 62.8 cm³/mol. The van der Waals surface area contributed by atoms with E-state index in [0.717, 1.165) is 19.4 Å². The molecule has 0 saturated heterocycles. The summed E-state index contributed by atoms with van der Waals surface area (Å²) in [6.45, 7) is 9.66. The van der Waals surface area contributed by atoms with Crippen LogP contribution in [0.25, 0.3) is 0 Å². The lowest BCUT2D eigenvalue weighted by Gasteiger charge is -2.06. The fourth-order valence-electron chi connectivity index (χ4n) is 1.30. The van der Waals surface area contributed by atoms with Crippen LogP contribution in [-0.4, -0.2) is 11.0 Å². The number of nitrogens with zero attached hydrogens (tertiary/aromatic N) is 1. The van der Waals surface area contributed by atoms with Gasteiger partial charge < -0.3 is 5.32 Å². The van der Waals surface area contributed by atoms with E-state index < -0.39 is 0 Å². The molecule has 1 aromatic heterocycles. The summed E-state index contributed by atoms with van der Waals surface area (Å²) in [4.78, 5) is 6.02. The minimum Gasteiger partial charge on any atom is -0.310 e. The first-order valence-electron chi connectivity index (χ1n) is 5.38. The topological polar surface area (TPSA) is 24.9 Å². The molecule has 0 fully saturated rings. The Hall–Kier alpha value is -0.410. The van der Waals surface area contributed by atoms with E-state index in [1.807, 2.05) is 11.3 Å². The van der Waals surface area contributed by atoms with Crippen molar-refractivity contribution >= 4 is 11.3 Å². The third kappa shape index (κ3) is 3.07. The Morgan fingerprint density at radius 1 is 1.29 bits per heavy atom. The number of aryl methyl sites for hydroxylation is 2. The zero-order valence-corrected chi connectivity index (χ0v) is 10.4. The molecule has 0 aliphatic carbocycles. The molecule has 14 heavy (non-hydrogen) atoms. The van der Waals surface area contributed by atoms with Gasteiger partial charge in [0.1, 0.15) is 0 Å². The minimum absolute atomic E-state index is 0.548. The van der Waals surface area contributed by atoms with Crippen LogP contribution in [0.1, 0.15) is 43.3 Å². The maximum Gasteiger partial charge on any atom is 0.0928 e. The molecule has 0 aromatic carbocycles. The number of aromatic nitrogens is 1. The third-order valence-electron chi connectivity index (χ3n) is 2.13. The molecule has 0 spiro atoms. The van der Waals surface area contributed by atoms with Gasteiger partial charge >= 0.3 is 0 Å². The van der Waals surface area contributed by atoms with E-state index in [0.29, 0.717) is 6.04 Å². The molecule has 0 atom stereocenters. The van der Waals surface area contributed by atoms with Crippen molar-refractivity contribution < 1.29 is 0 Å². The minimum atomic E-state index is 0.548. The molecule has 1 N–H and O–H groups in total. The molecule has 3 heteroatoms. The van der Waals surface area contributed by atoms with Crippen LogP contribution in [-0.2, 0) is 19.4 Å². The Kier molecular flexibility index (Phi) is 4.55. The molecule has 0 unspecified atom stereocenters. The van der Waals surface area contributed by atoms with Crippen LogP contribution in [0.15, 0.2) is 0 Å². The van der Waals surface area contributed by atoms with Crippen molar-refractivity contribution in [2.75, 3.05) is 0 Å². The normalized spacial score (nSPS) is 11.2. The molecular formula is C11H20N2S. The fourth-order valence-corrected chi connectivity index (χ4v) is 2.35. The Balaban J connectivity index is 2.68. The summed E-state index contributed by atoms with van der Waals surface area (Å²) in [5, 5.41) is 4.71. The number of hydrogen-bond donors (Lipinski definition) is 1. The van der Waals surface area contributed by atoms with Crippen LogP contribution in [0.2, 0.25) is 0 Å². The first kappa shape index (κ1) is 11.7. The fraction of sp³-hybridized carbons (Fsp3) is 0.727. The van der Waals surface area contributed by atoms with Gasteiger partial charge in [0.25, 0.3) is 0 Å². The van der Waals surface area contributed by atoms with Crippen LogP contribution < -0.4 is 5.32 Å². The van der Waals surface area contributed by atoms with Crippen LogP contribution in [0.3, 0.4) is 0 Å². The van der Waals surface area contributed by atoms with Crippen molar-refractivity contribution in [1.29, 1.82) is 0 Å². The van der Waals surface area contributed by atoms with E-state index >= 15 is 0 Å². The van der Waals surface area contributed by atoms with E-state index in [1.165, 1.54) is 15.6 Å². The Morgan fingerprint density at radius 2 is 2.00 bits per heavy atom. The van der Waals surface area contributed by atoms with Crippen molar-refractivity contribution in [2.45, 2.75) is 53.1 Å². The van der Waals surface area contributed by atoms with Crippen molar-refractivity contribution in [3.05, 3.63) is 15.6 Å². The Morgan fingerprint density at radius 3 is 2.50 bits per heavy atom. The zero-order valence-electron chi connectivity index (χ0n) is 9.55. The van der Waals surface area contributed by atoms with E-state index in [-0.39, 0.29) is 0 Å². The molecule has 0 radical (unpaired) electrons. The monoisotopic (exact) mass is 212 g/mol. The standard InChI is InChI=1S/C11H20N2S/c1-5-9-10(7-12-8(3)4)14-11(6-2)13-9/h8,12H,5-7H2,1-4H3. The summed E-state index contributed by atoms with van der Waals surface area (Å²) < 4.78 is 0. The van der Waals surface area contributed by atoms with Gasteiger partial charge in [0, 0.05) is 17.5 Å². The van der Waals surface area contributed by atoms with Gasteiger partial charge in [0.05, 0.1) is 10.7 Å². The summed E-state index contributed by atoms with van der Waals surface area (Å²) in [5.41, 5.74) is 1.28. The van der Waals surface area contributed by atoms with Gasteiger partial charge in [-0.2, -0.15) is 0 Å². The second-order valence-electron chi connectivity index (χ2n) is 3.72. The molecule has 2 nitrogen and oxygen atoms in total. The van der Waals surface area contributed by atoms with E-state index in [9.17, 15) is 0 Å². The predicted octanol–water partition coefficient (Wildman–Crippen LogP) is 2.77. The highest BCUT2D eigenvalue weighted by Crippen LogP contribution is 2.19. The average Bonchev–Trinajstić information content (AvgIpc) is 2.57. The second kappa shape index (κ2) is 5.47. The summed E-state index contributed by atoms with van der Waals surface area (Å²) in [6.07, 6.45) is 2.10. The SMILES string of the molecule is CCc1nc(CC)c(CNC(C)C)s1. The molecule has 80 valence electrons. The molecular weight excluding hydrogens is 192 g/mol. The molecule has 0 saturated carbocycles. The highest BCUT2D eigenvalue weighted by molar-refractivity contribution is 7.11. The van der Waals surface area contributed by atoms with Gasteiger partial charge in [-0.15, -0.1) is 11.3 Å². The zero-order chi connectivity index (χ0) is 10.6. The Labute approximate surface area is 90.8 Å². The van der Waals surface area contributed by atoms with Crippen LogP contribution in [0, 0.1) is 0 Å². The quantitative estimate of drug-likeness (QED) is 0.812.